The molecule has 3 rings (SSSR count). The van der Waals surface area contributed by atoms with Crippen LogP contribution in [0.4, 0.5) is 0 Å². The molecule has 1 saturated heterocycles. The maximum atomic E-state index is 12.2. The number of carbonyl (C=O) groups excluding carboxylic acids is 1. The highest BCUT2D eigenvalue weighted by molar-refractivity contribution is 5.87. The van der Waals surface area contributed by atoms with Crippen molar-refractivity contribution in [2.24, 2.45) is 5.92 Å². The zero-order valence-electron chi connectivity index (χ0n) is 13.9. The first-order valence-electron chi connectivity index (χ1n) is 8.38. The summed E-state index contributed by atoms with van der Waals surface area (Å²) >= 11 is 0. The van der Waals surface area contributed by atoms with Crippen LogP contribution in [0, 0.1) is 5.92 Å². The summed E-state index contributed by atoms with van der Waals surface area (Å²) in [6, 6.07) is 16.3. The highest BCUT2D eigenvalue weighted by atomic mass is 16.5. The van der Waals surface area contributed by atoms with Crippen molar-refractivity contribution in [2.45, 2.75) is 25.5 Å². The Morgan fingerprint density at radius 1 is 1.08 bits per heavy atom. The molecule has 2 aromatic carbocycles. The van der Waals surface area contributed by atoms with Gasteiger partial charge in [0.2, 0.25) is 0 Å². The number of ether oxygens (including phenoxy) is 1. The number of esters is 1. The first-order chi connectivity index (χ1) is 12.1. The third-order valence-corrected chi connectivity index (χ3v) is 4.43. The van der Waals surface area contributed by atoms with Gasteiger partial charge in [0.1, 0.15) is 12.6 Å². The molecular formula is C20H21NO4. The van der Waals surface area contributed by atoms with E-state index in [4.69, 9.17) is 9.84 Å². The first kappa shape index (κ1) is 17.2. The van der Waals surface area contributed by atoms with Crippen LogP contribution in [0.25, 0.3) is 0 Å². The van der Waals surface area contributed by atoms with Crippen molar-refractivity contribution in [1.82, 2.24) is 5.32 Å². The van der Waals surface area contributed by atoms with Gasteiger partial charge in [-0.25, -0.2) is 4.79 Å². The highest BCUT2D eigenvalue weighted by Crippen LogP contribution is 2.21. The summed E-state index contributed by atoms with van der Waals surface area (Å²) < 4.78 is 5.38. The molecule has 2 aromatic rings. The zero-order valence-corrected chi connectivity index (χ0v) is 13.9. The van der Waals surface area contributed by atoms with Crippen LogP contribution in [0.1, 0.15) is 27.9 Å². The minimum absolute atomic E-state index is 0.231. The van der Waals surface area contributed by atoms with Gasteiger partial charge in [-0.2, -0.15) is 0 Å². The number of benzene rings is 2. The smallest absolute Gasteiger partial charge is 0.335 e. The molecular weight excluding hydrogens is 318 g/mol. The number of nitrogens with one attached hydrogen (secondary N) is 1. The highest BCUT2D eigenvalue weighted by Gasteiger charge is 2.30. The van der Waals surface area contributed by atoms with Crippen LogP contribution >= 0.6 is 0 Å². The molecule has 0 radical (unpaired) electrons. The van der Waals surface area contributed by atoms with Crippen molar-refractivity contribution in [3.05, 3.63) is 71.3 Å². The molecule has 0 spiro atoms. The van der Waals surface area contributed by atoms with E-state index in [1.54, 1.807) is 18.2 Å². The second-order valence-electron chi connectivity index (χ2n) is 6.37. The van der Waals surface area contributed by atoms with E-state index in [-0.39, 0.29) is 18.6 Å². The summed E-state index contributed by atoms with van der Waals surface area (Å²) in [5, 5.41) is 12.3. The fourth-order valence-electron chi connectivity index (χ4n) is 3.14. The van der Waals surface area contributed by atoms with Crippen LogP contribution in [-0.4, -0.2) is 29.6 Å². The standard InChI is InChI=1S/C20H21NO4/c22-19(23)17-8-4-7-15(10-17)9-16-11-18(21-12-16)20(24)25-13-14-5-2-1-3-6-14/h1-8,10,16,18,21H,9,11-13H2,(H,22,23). The second kappa shape index (κ2) is 7.94. The lowest BCUT2D eigenvalue weighted by molar-refractivity contribution is -0.147. The van der Waals surface area contributed by atoms with Gasteiger partial charge in [-0.1, -0.05) is 42.5 Å². The third kappa shape index (κ3) is 4.67. The number of aromatic carboxylic acids is 1. The van der Waals surface area contributed by atoms with E-state index in [1.807, 2.05) is 36.4 Å². The molecule has 2 N–H and O–H groups in total. The SMILES string of the molecule is O=C(O)c1cccc(CC2CNC(C(=O)OCc3ccccc3)C2)c1. The van der Waals surface area contributed by atoms with Crippen LogP contribution < -0.4 is 5.32 Å². The number of carbonyl (C=O) groups is 2. The summed E-state index contributed by atoms with van der Waals surface area (Å²) in [4.78, 5) is 23.2. The molecule has 0 amide bonds. The van der Waals surface area contributed by atoms with Gasteiger partial charge in [-0.05, 0) is 48.6 Å². The van der Waals surface area contributed by atoms with Crippen LogP contribution in [0.3, 0.4) is 0 Å². The molecule has 1 aliphatic heterocycles. The van der Waals surface area contributed by atoms with Crippen molar-refractivity contribution in [3.8, 4) is 0 Å². The van der Waals surface area contributed by atoms with Gasteiger partial charge in [0, 0.05) is 0 Å². The molecule has 25 heavy (non-hydrogen) atoms. The Bertz CT molecular complexity index is 744. The van der Waals surface area contributed by atoms with Crippen molar-refractivity contribution < 1.29 is 19.4 Å². The van der Waals surface area contributed by atoms with Gasteiger partial charge < -0.3 is 15.2 Å². The number of rotatable bonds is 6. The molecule has 1 fully saturated rings. The maximum absolute atomic E-state index is 12.2. The second-order valence-corrected chi connectivity index (χ2v) is 6.37. The predicted molar refractivity (Wildman–Crippen MR) is 93.2 cm³/mol. The van der Waals surface area contributed by atoms with E-state index < -0.39 is 5.97 Å². The monoisotopic (exact) mass is 339 g/mol. The Kier molecular flexibility index (Phi) is 5.46. The van der Waals surface area contributed by atoms with Crippen LogP contribution in [0.2, 0.25) is 0 Å². The van der Waals surface area contributed by atoms with Crippen LogP contribution in [0.15, 0.2) is 54.6 Å². The van der Waals surface area contributed by atoms with E-state index in [2.05, 4.69) is 5.32 Å². The van der Waals surface area contributed by atoms with E-state index in [0.717, 1.165) is 24.1 Å². The molecule has 1 aliphatic rings. The Balaban J connectivity index is 1.50. The van der Waals surface area contributed by atoms with Crippen molar-refractivity contribution >= 4 is 11.9 Å². The topological polar surface area (TPSA) is 75.6 Å². The molecule has 5 heteroatoms. The molecule has 2 atom stereocenters. The molecule has 1 heterocycles. The summed E-state index contributed by atoms with van der Waals surface area (Å²) in [7, 11) is 0. The third-order valence-electron chi connectivity index (χ3n) is 4.43. The average molecular weight is 339 g/mol. The van der Waals surface area contributed by atoms with Gasteiger partial charge in [0.25, 0.3) is 0 Å². The largest absolute Gasteiger partial charge is 0.478 e. The normalized spacial score (nSPS) is 19.5. The minimum atomic E-state index is -0.922. The average Bonchev–Trinajstić information content (AvgIpc) is 3.09. The fourth-order valence-corrected chi connectivity index (χ4v) is 3.14. The Morgan fingerprint density at radius 3 is 2.60 bits per heavy atom. The summed E-state index contributed by atoms with van der Waals surface area (Å²) in [5.41, 5.74) is 2.24. The predicted octanol–water partition coefficient (Wildman–Crippen LogP) is 2.65. The zero-order chi connectivity index (χ0) is 17.6. The van der Waals surface area contributed by atoms with Crippen molar-refractivity contribution in [3.63, 3.8) is 0 Å². The molecule has 0 aliphatic carbocycles. The summed E-state index contributed by atoms with van der Waals surface area (Å²) in [6.07, 6.45) is 1.45. The van der Waals surface area contributed by atoms with E-state index >= 15 is 0 Å². The van der Waals surface area contributed by atoms with Crippen molar-refractivity contribution in [1.29, 1.82) is 0 Å². The van der Waals surface area contributed by atoms with Crippen molar-refractivity contribution in [2.75, 3.05) is 6.54 Å². The van der Waals surface area contributed by atoms with Crippen LogP contribution in [0.5, 0.6) is 0 Å². The Labute approximate surface area is 146 Å². The molecule has 0 saturated carbocycles. The number of carboxylic acids is 1. The number of hydrogen-bond acceptors (Lipinski definition) is 4. The summed E-state index contributed by atoms with van der Waals surface area (Å²) in [5.74, 6) is -0.863. The van der Waals surface area contributed by atoms with Gasteiger partial charge in [-0.3, -0.25) is 4.79 Å². The van der Waals surface area contributed by atoms with E-state index in [9.17, 15) is 9.59 Å². The number of hydrogen-bond donors (Lipinski definition) is 2. The first-order valence-corrected chi connectivity index (χ1v) is 8.38. The van der Waals surface area contributed by atoms with Gasteiger partial charge in [-0.15, -0.1) is 0 Å². The van der Waals surface area contributed by atoms with Gasteiger partial charge >= 0.3 is 11.9 Å². The fraction of sp³-hybridized carbons (Fsp3) is 0.300. The van der Waals surface area contributed by atoms with Gasteiger partial charge in [0.15, 0.2) is 0 Å². The molecule has 2 unspecified atom stereocenters. The van der Waals surface area contributed by atoms with E-state index in [1.165, 1.54) is 0 Å². The molecule has 0 bridgehead atoms. The van der Waals surface area contributed by atoms with E-state index in [0.29, 0.717) is 17.9 Å². The number of carboxylic acid groups (broad SMARTS) is 1. The lowest BCUT2D eigenvalue weighted by Gasteiger charge is -2.11. The van der Waals surface area contributed by atoms with Crippen LogP contribution in [-0.2, 0) is 22.6 Å². The summed E-state index contributed by atoms with van der Waals surface area (Å²) in [6.45, 7) is 1.01. The molecule has 130 valence electrons. The maximum Gasteiger partial charge on any atom is 0.335 e. The quantitative estimate of drug-likeness (QED) is 0.792. The Hall–Kier alpha value is -2.66. The lowest BCUT2D eigenvalue weighted by atomic mass is 9.95. The molecule has 5 nitrogen and oxygen atoms in total. The molecule has 0 aromatic heterocycles. The minimum Gasteiger partial charge on any atom is -0.478 e. The lowest BCUT2D eigenvalue weighted by Crippen LogP contribution is -2.32. The van der Waals surface area contributed by atoms with Gasteiger partial charge in [0.05, 0.1) is 5.56 Å². The Morgan fingerprint density at radius 2 is 1.84 bits per heavy atom.